The highest BCUT2D eigenvalue weighted by molar-refractivity contribution is 5.87. The summed E-state index contributed by atoms with van der Waals surface area (Å²) in [7, 11) is 0. The molecular formula is C20H32O4. The van der Waals surface area contributed by atoms with Gasteiger partial charge in [0.1, 0.15) is 5.60 Å². The summed E-state index contributed by atoms with van der Waals surface area (Å²) in [5, 5.41) is 0. The van der Waals surface area contributed by atoms with Crippen LogP contribution in [0.15, 0.2) is 24.3 Å². The lowest BCUT2D eigenvalue weighted by Crippen LogP contribution is -2.38. The minimum Gasteiger partial charge on any atom is -0.465 e. The molecule has 1 saturated carbocycles. The van der Waals surface area contributed by atoms with Crippen molar-refractivity contribution in [2.24, 2.45) is 11.3 Å². The molecule has 2 atom stereocenters. The monoisotopic (exact) mass is 336 g/mol. The van der Waals surface area contributed by atoms with E-state index in [1.165, 1.54) is 0 Å². The Bertz CT molecular complexity index is 518. The summed E-state index contributed by atoms with van der Waals surface area (Å²) < 4.78 is 10.9. The summed E-state index contributed by atoms with van der Waals surface area (Å²) >= 11 is 0. The SMILES string of the molecule is C=C1CC(C)CC(CC)(C(=O)OCCC(C)(C)OC(=O)C(=C)C)C1. The average Bonchev–Trinajstić information content (AvgIpc) is 2.44. The Kier molecular flexibility index (Phi) is 6.82. The molecule has 1 fully saturated rings. The fourth-order valence-corrected chi connectivity index (χ4v) is 3.36. The van der Waals surface area contributed by atoms with Crippen molar-refractivity contribution < 1.29 is 19.1 Å². The Labute approximate surface area is 146 Å². The number of allylic oxidation sites excluding steroid dienone is 1. The number of esters is 2. The number of hydrogen-bond donors (Lipinski definition) is 0. The van der Waals surface area contributed by atoms with Crippen LogP contribution in [0.1, 0.15) is 66.7 Å². The van der Waals surface area contributed by atoms with Crippen molar-refractivity contribution in [3.63, 3.8) is 0 Å². The van der Waals surface area contributed by atoms with Gasteiger partial charge in [0.05, 0.1) is 12.0 Å². The predicted octanol–water partition coefficient (Wildman–Crippen LogP) is 4.59. The minimum absolute atomic E-state index is 0.153. The van der Waals surface area contributed by atoms with Gasteiger partial charge in [-0.05, 0) is 52.4 Å². The van der Waals surface area contributed by atoms with Gasteiger partial charge in [0, 0.05) is 12.0 Å². The van der Waals surface area contributed by atoms with Crippen molar-refractivity contribution >= 4 is 11.9 Å². The van der Waals surface area contributed by atoms with Crippen LogP contribution >= 0.6 is 0 Å². The van der Waals surface area contributed by atoms with Crippen molar-refractivity contribution in [2.45, 2.75) is 72.3 Å². The zero-order valence-corrected chi connectivity index (χ0v) is 15.9. The van der Waals surface area contributed by atoms with Gasteiger partial charge in [-0.15, -0.1) is 0 Å². The first kappa shape index (κ1) is 20.5. The van der Waals surface area contributed by atoms with E-state index in [1.54, 1.807) is 6.92 Å². The molecule has 1 aliphatic carbocycles. The quantitative estimate of drug-likeness (QED) is 0.387. The van der Waals surface area contributed by atoms with Crippen molar-refractivity contribution in [1.29, 1.82) is 0 Å². The molecule has 4 heteroatoms. The summed E-state index contributed by atoms with van der Waals surface area (Å²) in [6.45, 7) is 17.3. The van der Waals surface area contributed by atoms with Crippen LogP contribution in [0, 0.1) is 11.3 Å². The maximum atomic E-state index is 12.7. The van der Waals surface area contributed by atoms with Crippen molar-refractivity contribution in [1.82, 2.24) is 0 Å². The van der Waals surface area contributed by atoms with Crippen molar-refractivity contribution in [3.8, 4) is 0 Å². The Hall–Kier alpha value is -1.58. The minimum atomic E-state index is -0.695. The van der Waals surface area contributed by atoms with E-state index in [-0.39, 0.29) is 12.6 Å². The average molecular weight is 336 g/mol. The Morgan fingerprint density at radius 2 is 2.00 bits per heavy atom. The second-order valence-electron chi connectivity index (χ2n) is 7.89. The van der Waals surface area contributed by atoms with Crippen LogP contribution in [0.2, 0.25) is 0 Å². The first-order valence-electron chi connectivity index (χ1n) is 8.74. The van der Waals surface area contributed by atoms with E-state index in [2.05, 4.69) is 20.1 Å². The molecule has 0 aromatic heterocycles. The highest BCUT2D eigenvalue weighted by Gasteiger charge is 2.42. The maximum Gasteiger partial charge on any atom is 0.333 e. The van der Waals surface area contributed by atoms with E-state index in [0.717, 1.165) is 24.8 Å². The van der Waals surface area contributed by atoms with E-state index in [1.807, 2.05) is 20.8 Å². The normalized spacial score (nSPS) is 24.4. The lowest BCUT2D eigenvalue weighted by Gasteiger charge is -2.38. The molecule has 1 aliphatic rings. The molecule has 0 N–H and O–H groups in total. The van der Waals surface area contributed by atoms with Crippen LogP contribution < -0.4 is 0 Å². The molecule has 24 heavy (non-hydrogen) atoms. The summed E-state index contributed by atoms with van der Waals surface area (Å²) in [4.78, 5) is 24.3. The van der Waals surface area contributed by atoms with Gasteiger partial charge in [-0.1, -0.05) is 32.6 Å². The standard InChI is InChI=1S/C20H32O4/c1-8-20(12-15(4)11-16(5)13-20)18(22)23-10-9-19(6,7)24-17(21)14(2)3/h16H,2,4,8-13H2,1,3,5-7H3. The molecule has 4 nitrogen and oxygen atoms in total. The van der Waals surface area contributed by atoms with Crippen molar-refractivity contribution in [3.05, 3.63) is 24.3 Å². The van der Waals surface area contributed by atoms with Gasteiger partial charge in [-0.25, -0.2) is 4.79 Å². The largest absolute Gasteiger partial charge is 0.465 e. The topological polar surface area (TPSA) is 52.6 Å². The van der Waals surface area contributed by atoms with Crippen LogP contribution in [0.4, 0.5) is 0 Å². The second kappa shape index (κ2) is 8.00. The second-order valence-corrected chi connectivity index (χ2v) is 7.89. The Balaban J connectivity index is 2.59. The molecule has 0 aromatic carbocycles. The van der Waals surface area contributed by atoms with Gasteiger partial charge in [-0.2, -0.15) is 0 Å². The summed E-state index contributed by atoms with van der Waals surface area (Å²) in [5.74, 6) is -0.125. The zero-order chi connectivity index (χ0) is 18.5. The van der Waals surface area contributed by atoms with E-state index < -0.39 is 17.0 Å². The third kappa shape index (κ3) is 5.50. The molecule has 1 rings (SSSR count). The van der Waals surface area contributed by atoms with E-state index >= 15 is 0 Å². The lowest BCUT2D eigenvalue weighted by molar-refractivity contribution is -0.162. The molecule has 0 radical (unpaired) electrons. The molecular weight excluding hydrogens is 304 g/mol. The van der Waals surface area contributed by atoms with Crippen LogP contribution in [-0.2, 0) is 19.1 Å². The third-order valence-electron chi connectivity index (χ3n) is 4.73. The molecule has 136 valence electrons. The van der Waals surface area contributed by atoms with E-state index in [0.29, 0.717) is 24.3 Å². The third-order valence-corrected chi connectivity index (χ3v) is 4.73. The zero-order valence-electron chi connectivity index (χ0n) is 15.9. The Morgan fingerprint density at radius 1 is 1.38 bits per heavy atom. The van der Waals surface area contributed by atoms with Gasteiger partial charge in [0.25, 0.3) is 0 Å². The number of ether oxygens (including phenoxy) is 2. The highest BCUT2D eigenvalue weighted by atomic mass is 16.6. The fourth-order valence-electron chi connectivity index (χ4n) is 3.36. The lowest BCUT2D eigenvalue weighted by atomic mass is 9.67. The highest BCUT2D eigenvalue weighted by Crippen LogP contribution is 2.44. The van der Waals surface area contributed by atoms with Gasteiger partial charge in [0.2, 0.25) is 0 Å². The molecule has 0 spiro atoms. The summed E-state index contributed by atoms with van der Waals surface area (Å²) in [5.41, 5.74) is 0.342. The predicted molar refractivity (Wildman–Crippen MR) is 95.4 cm³/mol. The van der Waals surface area contributed by atoms with Gasteiger partial charge in [-0.3, -0.25) is 4.79 Å². The molecule has 0 aliphatic heterocycles. The first-order valence-corrected chi connectivity index (χ1v) is 8.74. The summed E-state index contributed by atoms with van der Waals surface area (Å²) in [6, 6.07) is 0. The van der Waals surface area contributed by atoms with E-state index in [9.17, 15) is 9.59 Å². The molecule has 0 aromatic rings. The number of hydrogen-bond acceptors (Lipinski definition) is 4. The van der Waals surface area contributed by atoms with Crippen LogP contribution in [0.3, 0.4) is 0 Å². The first-order chi connectivity index (χ1) is 11.0. The number of carbonyl (C=O) groups excluding carboxylic acids is 2. The summed E-state index contributed by atoms with van der Waals surface area (Å²) in [6.07, 6.45) is 3.74. The smallest absolute Gasteiger partial charge is 0.333 e. The van der Waals surface area contributed by atoms with Gasteiger partial charge >= 0.3 is 11.9 Å². The molecule has 0 saturated heterocycles. The van der Waals surface area contributed by atoms with Gasteiger partial charge < -0.3 is 9.47 Å². The number of rotatable bonds is 7. The molecule has 2 unspecified atom stereocenters. The molecule has 0 amide bonds. The maximum absolute atomic E-state index is 12.7. The molecule has 0 heterocycles. The van der Waals surface area contributed by atoms with Crippen LogP contribution in [0.5, 0.6) is 0 Å². The fraction of sp³-hybridized carbons (Fsp3) is 0.700. The van der Waals surface area contributed by atoms with Crippen molar-refractivity contribution in [2.75, 3.05) is 6.61 Å². The number of carbonyl (C=O) groups is 2. The molecule has 0 bridgehead atoms. The van der Waals surface area contributed by atoms with E-state index in [4.69, 9.17) is 9.47 Å². The van der Waals surface area contributed by atoms with Crippen LogP contribution in [-0.4, -0.2) is 24.1 Å². The van der Waals surface area contributed by atoms with Gasteiger partial charge in [0.15, 0.2) is 0 Å². The van der Waals surface area contributed by atoms with Crippen LogP contribution in [0.25, 0.3) is 0 Å². The Morgan fingerprint density at radius 3 is 2.50 bits per heavy atom.